The van der Waals surface area contributed by atoms with Gasteiger partial charge in [-0.25, -0.2) is 0 Å². The van der Waals surface area contributed by atoms with E-state index in [1.165, 1.54) is 38.5 Å². The second kappa shape index (κ2) is 5.83. The molecule has 4 heteroatoms. The Bertz CT molecular complexity index is 302. The summed E-state index contributed by atoms with van der Waals surface area (Å²) in [7, 11) is 0. The van der Waals surface area contributed by atoms with E-state index in [0.29, 0.717) is 11.9 Å². The lowest BCUT2D eigenvalue weighted by molar-refractivity contribution is -0.139. The van der Waals surface area contributed by atoms with Crippen molar-refractivity contribution in [3.05, 3.63) is 0 Å². The van der Waals surface area contributed by atoms with E-state index in [1.54, 1.807) is 0 Å². The van der Waals surface area contributed by atoms with Crippen molar-refractivity contribution in [2.75, 3.05) is 24.6 Å². The zero-order chi connectivity index (χ0) is 12.4. The monoisotopic (exact) mass is 268 g/mol. The zero-order valence-electron chi connectivity index (χ0n) is 11.1. The van der Waals surface area contributed by atoms with Crippen molar-refractivity contribution in [1.82, 2.24) is 10.2 Å². The number of thioether (sulfide) groups is 1. The minimum atomic E-state index is 0.0874. The van der Waals surface area contributed by atoms with E-state index in [2.05, 4.69) is 10.2 Å². The highest BCUT2D eigenvalue weighted by Gasteiger charge is 2.38. The summed E-state index contributed by atoms with van der Waals surface area (Å²) >= 11 is 1.91. The van der Waals surface area contributed by atoms with Crippen LogP contribution in [0.3, 0.4) is 0 Å². The molecule has 2 saturated heterocycles. The van der Waals surface area contributed by atoms with Gasteiger partial charge in [-0.2, -0.15) is 11.8 Å². The fraction of sp³-hybridized carbons (Fsp3) is 0.929. The average molecular weight is 268 g/mol. The molecule has 0 aromatic carbocycles. The number of piperidine rings is 1. The van der Waals surface area contributed by atoms with Crippen molar-refractivity contribution in [3.8, 4) is 0 Å². The summed E-state index contributed by atoms with van der Waals surface area (Å²) in [6.07, 6.45) is 7.85. The number of amides is 1. The molecule has 3 rings (SSSR count). The van der Waals surface area contributed by atoms with Gasteiger partial charge in [-0.05, 0) is 31.6 Å². The highest BCUT2D eigenvalue weighted by Crippen LogP contribution is 2.35. The third kappa shape index (κ3) is 2.55. The van der Waals surface area contributed by atoms with E-state index in [1.807, 2.05) is 11.8 Å². The van der Waals surface area contributed by atoms with Crippen LogP contribution in [0.5, 0.6) is 0 Å². The first-order valence-corrected chi connectivity index (χ1v) is 8.63. The highest BCUT2D eigenvalue weighted by molar-refractivity contribution is 7.99. The van der Waals surface area contributed by atoms with Gasteiger partial charge in [-0.1, -0.05) is 12.8 Å². The van der Waals surface area contributed by atoms with Crippen molar-refractivity contribution >= 4 is 17.7 Å². The second-order valence-corrected chi connectivity index (χ2v) is 7.02. The van der Waals surface area contributed by atoms with Crippen molar-refractivity contribution in [3.63, 3.8) is 0 Å². The lowest BCUT2D eigenvalue weighted by Gasteiger charge is -2.45. The minimum Gasteiger partial charge on any atom is -0.338 e. The molecule has 3 fully saturated rings. The molecule has 1 amide bonds. The number of nitrogens with zero attached hydrogens (tertiary/aromatic N) is 1. The number of fused-ring (bicyclic) bond motifs is 1. The molecule has 3 aliphatic rings. The predicted octanol–water partition coefficient (Wildman–Crippen LogP) is 1.87. The van der Waals surface area contributed by atoms with Crippen molar-refractivity contribution in [1.29, 1.82) is 0 Å². The maximum atomic E-state index is 12.7. The van der Waals surface area contributed by atoms with Crippen molar-refractivity contribution < 1.29 is 4.79 Å². The van der Waals surface area contributed by atoms with Crippen LogP contribution in [0.4, 0.5) is 0 Å². The molecule has 0 spiro atoms. The van der Waals surface area contributed by atoms with Gasteiger partial charge in [-0.3, -0.25) is 4.79 Å². The number of nitrogens with one attached hydrogen (secondary N) is 1. The molecule has 2 aliphatic heterocycles. The normalized spacial score (nSPS) is 37.1. The summed E-state index contributed by atoms with van der Waals surface area (Å²) in [5, 5.41) is 3.40. The molecule has 0 aromatic heterocycles. The molecule has 18 heavy (non-hydrogen) atoms. The van der Waals surface area contributed by atoms with Crippen molar-refractivity contribution in [2.24, 2.45) is 5.92 Å². The lowest BCUT2D eigenvalue weighted by atomic mass is 9.78. The Morgan fingerprint density at radius 3 is 2.83 bits per heavy atom. The standard InChI is InChI=1S/C14H24N2OS/c17-14(12-10-18-9-7-15-12)16-8-3-5-11-4-1-2-6-13(11)16/h11-13,15H,1-10H2/t11-,12?,13-/m1/s1. The van der Waals surface area contributed by atoms with Gasteiger partial charge in [-0.15, -0.1) is 0 Å². The molecule has 0 bridgehead atoms. The number of likely N-dealkylation sites (tertiary alicyclic amines) is 1. The molecular formula is C14H24N2OS. The van der Waals surface area contributed by atoms with Gasteiger partial charge in [0, 0.05) is 30.6 Å². The van der Waals surface area contributed by atoms with Gasteiger partial charge in [0.2, 0.25) is 5.91 Å². The van der Waals surface area contributed by atoms with Crippen LogP contribution in [-0.2, 0) is 4.79 Å². The quantitative estimate of drug-likeness (QED) is 0.788. The van der Waals surface area contributed by atoms with Gasteiger partial charge in [0.15, 0.2) is 0 Å². The van der Waals surface area contributed by atoms with E-state index in [0.717, 1.165) is 30.5 Å². The topological polar surface area (TPSA) is 32.3 Å². The maximum Gasteiger partial charge on any atom is 0.240 e. The van der Waals surface area contributed by atoms with Gasteiger partial charge in [0.25, 0.3) is 0 Å². The minimum absolute atomic E-state index is 0.0874. The number of hydrogen-bond donors (Lipinski definition) is 1. The fourth-order valence-electron chi connectivity index (χ4n) is 3.82. The van der Waals surface area contributed by atoms with Crippen LogP contribution in [0.25, 0.3) is 0 Å². The average Bonchev–Trinajstić information content (AvgIpc) is 2.47. The van der Waals surface area contributed by atoms with E-state index in [-0.39, 0.29) is 6.04 Å². The largest absolute Gasteiger partial charge is 0.338 e. The zero-order valence-corrected chi connectivity index (χ0v) is 11.9. The van der Waals surface area contributed by atoms with Crippen LogP contribution in [0.15, 0.2) is 0 Å². The second-order valence-electron chi connectivity index (χ2n) is 5.87. The number of rotatable bonds is 1. The van der Waals surface area contributed by atoms with E-state index in [9.17, 15) is 4.79 Å². The van der Waals surface area contributed by atoms with Gasteiger partial charge in [0.1, 0.15) is 0 Å². The Morgan fingerprint density at radius 2 is 2.00 bits per heavy atom. The summed E-state index contributed by atoms with van der Waals surface area (Å²) in [5.74, 6) is 3.30. The number of hydrogen-bond acceptors (Lipinski definition) is 3. The third-order valence-electron chi connectivity index (χ3n) is 4.75. The molecule has 1 saturated carbocycles. The maximum absolute atomic E-state index is 12.7. The summed E-state index contributed by atoms with van der Waals surface area (Å²) < 4.78 is 0. The van der Waals surface area contributed by atoms with Gasteiger partial charge < -0.3 is 10.2 Å². The summed E-state index contributed by atoms with van der Waals surface area (Å²) in [6, 6.07) is 0.651. The first-order valence-electron chi connectivity index (χ1n) is 7.48. The number of carbonyl (C=O) groups excluding carboxylic acids is 1. The molecule has 1 aliphatic carbocycles. The third-order valence-corrected chi connectivity index (χ3v) is 5.81. The van der Waals surface area contributed by atoms with E-state index < -0.39 is 0 Å². The van der Waals surface area contributed by atoms with Crippen LogP contribution >= 0.6 is 11.8 Å². The van der Waals surface area contributed by atoms with Crippen LogP contribution < -0.4 is 5.32 Å². The molecule has 1 N–H and O–H groups in total. The molecular weight excluding hydrogens is 244 g/mol. The van der Waals surface area contributed by atoms with E-state index >= 15 is 0 Å². The Kier molecular flexibility index (Phi) is 4.14. The Balaban J connectivity index is 1.67. The van der Waals surface area contributed by atoms with Crippen LogP contribution in [0.1, 0.15) is 38.5 Å². The molecule has 0 radical (unpaired) electrons. The van der Waals surface area contributed by atoms with Crippen molar-refractivity contribution in [2.45, 2.75) is 50.6 Å². The molecule has 2 heterocycles. The summed E-state index contributed by atoms with van der Waals surface area (Å²) in [5.41, 5.74) is 0. The Labute approximate surface area is 114 Å². The molecule has 1 unspecified atom stereocenters. The summed E-state index contributed by atoms with van der Waals surface area (Å²) in [4.78, 5) is 14.9. The lowest BCUT2D eigenvalue weighted by Crippen LogP contribution is -2.57. The predicted molar refractivity (Wildman–Crippen MR) is 75.8 cm³/mol. The highest BCUT2D eigenvalue weighted by atomic mass is 32.2. The van der Waals surface area contributed by atoms with Crippen LogP contribution in [-0.4, -0.2) is 47.5 Å². The molecule has 3 atom stereocenters. The number of carbonyl (C=O) groups is 1. The van der Waals surface area contributed by atoms with Crippen LogP contribution in [0.2, 0.25) is 0 Å². The first kappa shape index (κ1) is 12.8. The molecule has 102 valence electrons. The Morgan fingerprint density at radius 1 is 1.17 bits per heavy atom. The Hall–Kier alpha value is -0.220. The van der Waals surface area contributed by atoms with Crippen LogP contribution in [0, 0.1) is 5.92 Å². The van der Waals surface area contributed by atoms with Gasteiger partial charge in [0.05, 0.1) is 6.04 Å². The summed E-state index contributed by atoms with van der Waals surface area (Å²) in [6.45, 7) is 1.99. The van der Waals surface area contributed by atoms with Gasteiger partial charge >= 0.3 is 0 Å². The first-order chi connectivity index (χ1) is 8.86. The fourth-order valence-corrected chi connectivity index (χ4v) is 4.75. The smallest absolute Gasteiger partial charge is 0.240 e. The van der Waals surface area contributed by atoms with E-state index in [4.69, 9.17) is 0 Å². The molecule has 0 aromatic rings. The SMILES string of the molecule is O=C(C1CSCCN1)N1CCC[C@H]2CCCC[C@H]21. The molecule has 3 nitrogen and oxygen atoms in total.